The fourth-order valence-electron chi connectivity index (χ4n) is 3.56. The van der Waals surface area contributed by atoms with E-state index in [0.29, 0.717) is 16.4 Å². The van der Waals surface area contributed by atoms with Crippen LogP contribution in [0.4, 0.5) is 5.13 Å². The molecule has 9 heteroatoms. The van der Waals surface area contributed by atoms with Crippen molar-refractivity contribution in [2.24, 2.45) is 7.05 Å². The summed E-state index contributed by atoms with van der Waals surface area (Å²) in [5.41, 5.74) is 3.33. The van der Waals surface area contributed by atoms with Gasteiger partial charge < -0.3 is 4.57 Å². The number of anilines is 1. The number of amides is 1. The van der Waals surface area contributed by atoms with Crippen LogP contribution in [0.2, 0.25) is 5.15 Å². The largest absolute Gasteiger partial charge is 0.333 e. The number of aromatic nitrogens is 5. The number of aryl methyl sites for hydroxylation is 2. The van der Waals surface area contributed by atoms with Crippen molar-refractivity contribution in [3.05, 3.63) is 89.5 Å². The minimum absolute atomic E-state index is 0.250. The first-order chi connectivity index (χ1) is 16.0. The molecule has 2 aromatic carbocycles. The van der Waals surface area contributed by atoms with Crippen LogP contribution in [0.25, 0.3) is 27.6 Å². The first-order valence-corrected chi connectivity index (χ1v) is 11.4. The Labute approximate surface area is 199 Å². The van der Waals surface area contributed by atoms with Crippen molar-refractivity contribution in [2.45, 2.75) is 6.92 Å². The van der Waals surface area contributed by atoms with Crippen molar-refractivity contribution < 1.29 is 4.79 Å². The number of benzene rings is 2. The Kier molecular flexibility index (Phi) is 5.53. The standard InChI is InChI=1S/C24H19ClN6OS/c1-15-18(21(25)31(29-15)17-11-7-4-8-12-17)23(32)28-24-27-19(16-9-5-3-6-10-16)20(33-24)22-26-13-14-30(22)2/h3-14H,1-2H3,(H,27,28,32). The van der Waals surface area contributed by atoms with E-state index in [1.54, 1.807) is 17.8 Å². The molecule has 1 amide bonds. The average molecular weight is 475 g/mol. The van der Waals surface area contributed by atoms with Gasteiger partial charge in [0.2, 0.25) is 0 Å². The van der Waals surface area contributed by atoms with Crippen LogP contribution < -0.4 is 5.32 Å². The number of hydrogen-bond donors (Lipinski definition) is 1. The number of imidazole rings is 1. The van der Waals surface area contributed by atoms with E-state index in [0.717, 1.165) is 27.6 Å². The quantitative estimate of drug-likeness (QED) is 0.359. The molecule has 0 saturated heterocycles. The lowest BCUT2D eigenvalue weighted by Crippen LogP contribution is -2.13. The lowest BCUT2D eigenvalue weighted by atomic mass is 10.1. The minimum Gasteiger partial charge on any atom is -0.333 e. The van der Waals surface area contributed by atoms with E-state index >= 15 is 0 Å². The number of halogens is 1. The smallest absolute Gasteiger partial charge is 0.262 e. The van der Waals surface area contributed by atoms with Gasteiger partial charge in [0.05, 0.1) is 22.0 Å². The Morgan fingerprint density at radius 1 is 1.06 bits per heavy atom. The Morgan fingerprint density at radius 3 is 2.42 bits per heavy atom. The molecule has 0 aliphatic heterocycles. The van der Waals surface area contributed by atoms with Gasteiger partial charge in [-0.25, -0.2) is 14.6 Å². The molecule has 33 heavy (non-hydrogen) atoms. The first kappa shape index (κ1) is 21.1. The Bertz CT molecular complexity index is 1440. The van der Waals surface area contributed by atoms with Gasteiger partial charge in [0.1, 0.15) is 10.7 Å². The first-order valence-electron chi connectivity index (χ1n) is 10.2. The number of para-hydroxylation sites is 1. The van der Waals surface area contributed by atoms with E-state index in [4.69, 9.17) is 16.6 Å². The molecule has 7 nitrogen and oxygen atoms in total. The maximum absolute atomic E-state index is 13.2. The van der Waals surface area contributed by atoms with Crippen LogP contribution in [0, 0.1) is 6.92 Å². The molecular formula is C24H19ClN6OS. The van der Waals surface area contributed by atoms with Crippen molar-refractivity contribution in [1.82, 2.24) is 24.3 Å². The summed E-state index contributed by atoms with van der Waals surface area (Å²) in [6.07, 6.45) is 3.62. The zero-order chi connectivity index (χ0) is 22.9. The molecule has 0 fully saturated rings. The molecule has 0 radical (unpaired) electrons. The lowest BCUT2D eigenvalue weighted by Gasteiger charge is -2.03. The Hall–Kier alpha value is -3.75. The van der Waals surface area contributed by atoms with Gasteiger partial charge in [-0.3, -0.25) is 10.1 Å². The second-order valence-corrected chi connectivity index (χ2v) is 8.73. The van der Waals surface area contributed by atoms with Crippen molar-refractivity contribution >= 4 is 34.0 Å². The van der Waals surface area contributed by atoms with E-state index < -0.39 is 0 Å². The van der Waals surface area contributed by atoms with Crippen molar-refractivity contribution in [3.8, 4) is 27.6 Å². The van der Waals surface area contributed by atoms with Gasteiger partial charge in [0.25, 0.3) is 5.91 Å². The predicted molar refractivity (Wildman–Crippen MR) is 131 cm³/mol. The molecule has 0 atom stereocenters. The third-order valence-corrected chi connectivity index (χ3v) is 6.47. The summed E-state index contributed by atoms with van der Waals surface area (Å²) in [7, 11) is 1.93. The Balaban J connectivity index is 1.52. The SMILES string of the molecule is Cc1nn(-c2ccccc2)c(Cl)c1C(=O)Nc1nc(-c2ccccc2)c(-c2nccn2C)s1. The zero-order valence-corrected chi connectivity index (χ0v) is 19.4. The summed E-state index contributed by atoms with van der Waals surface area (Å²) < 4.78 is 3.48. The van der Waals surface area contributed by atoms with Crippen molar-refractivity contribution in [2.75, 3.05) is 5.32 Å². The molecule has 164 valence electrons. The zero-order valence-electron chi connectivity index (χ0n) is 17.9. The molecular weight excluding hydrogens is 456 g/mol. The molecule has 3 aromatic heterocycles. The van der Waals surface area contributed by atoms with Gasteiger partial charge in [-0.2, -0.15) is 5.10 Å². The van der Waals surface area contributed by atoms with Gasteiger partial charge >= 0.3 is 0 Å². The van der Waals surface area contributed by atoms with Gasteiger partial charge in [-0.05, 0) is 19.1 Å². The fraction of sp³-hybridized carbons (Fsp3) is 0.0833. The third-order valence-electron chi connectivity index (χ3n) is 5.15. The van der Waals surface area contributed by atoms with E-state index in [2.05, 4.69) is 15.4 Å². The highest BCUT2D eigenvalue weighted by Crippen LogP contribution is 2.38. The molecule has 0 aliphatic carbocycles. The number of rotatable bonds is 5. The van der Waals surface area contributed by atoms with Crippen molar-refractivity contribution in [1.29, 1.82) is 0 Å². The van der Waals surface area contributed by atoms with Gasteiger partial charge in [-0.1, -0.05) is 71.5 Å². The summed E-state index contributed by atoms with van der Waals surface area (Å²) in [4.78, 5) is 23.3. The van der Waals surface area contributed by atoms with E-state index in [1.165, 1.54) is 11.3 Å². The van der Waals surface area contributed by atoms with E-state index in [-0.39, 0.29) is 11.1 Å². The number of thiazole rings is 1. The molecule has 0 bridgehead atoms. The minimum atomic E-state index is -0.362. The number of carbonyl (C=O) groups is 1. The second-order valence-electron chi connectivity index (χ2n) is 7.38. The molecule has 1 N–H and O–H groups in total. The summed E-state index contributed by atoms with van der Waals surface area (Å²) in [6, 6.07) is 19.3. The second kappa shape index (κ2) is 8.65. The summed E-state index contributed by atoms with van der Waals surface area (Å²) in [5, 5.41) is 8.08. The molecule has 5 rings (SSSR count). The molecule has 3 heterocycles. The topological polar surface area (TPSA) is 77.6 Å². The van der Waals surface area contributed by atoms with E-state index in [9.17, 15) is 4.79 Å². The normalized spacial score (nSPS) is 11.0. The van der Waals surface area contributed by atoms with Crippen LogP contribution in [0.15, 0.2) is 73.1 Å². The van der Waals surface area contributed by atoms with Crippen LogP contribution in [0.5, 0.6) is 0 Å². The molecule has 0 spiro atoms. The monoisotopic (exact) mass is 474 g/mol. The summed E-state index contributed by atoms with van der Waals surface area (Å²) >= 11 is 7.94. The molecule has 0 aliphatic rings. The molecule has 0 saturated carbocycles. The van der Waals surface area contributed by atoms with Crippen LogP contribution in [0.3, 0.4) is 0 Å². The fourth-order valence-corrected chi connectivity index (χ4v) is 4.94. The average Bonchev–Trinajstić information content (AvgIpc) is 3.51. The number of nitrogens with zero attached hydrogens (tertiary/aromatic N) is 5. The van der Waals surface area contributed by atoms with Crippen LogP contribution in [-0.4, -0.2) is 30.2 Å². The molecule has 0 unspecified atom stereocenters. The Morgan fingerprint density at radius 2 is 1.76 bits per heavy atom. The van der Waals surface area contributed by atoms with E-state index in [1.807, 2.05) is 78.5 Å². The summed E-state index contributed by atoms with van der Waals surface area (Å²) in [6.45, 7) is 1.76. The third kappa shape index (κ3) is 3.94. The van der Waals surface area contributed by atoms with Crippen LogP contribution >= 0.6 is 22.9 Å². The van der Waals surface area contributed by atoms with Gasteiger partial charge in [0, 0.05) is 25.0 Å². The number of carbonyl (C=O) groups excluding carboxylic acids is 1. The molecule has 5 aromatic rings. The van der Waals surface area contributed by atoms with Gasteiger partial charge in [-0.15, -0.1) is 0 Å². The highest BCUT2D eigenvalue weighted by Gasteiger charge is 2.24. The maximum atomic E-state index is 13.2. The van der Waals surface area contributed by atoms with Gasteiger partial charge in [0.15, 0.2) is 11.0 Å². The predicted octanol–water partition coefficient (Wildman–Crippen LogP) is 5.61. The highest BCUT2D eigenvalue weighted by atomic mass is 35.5. The summed E-state index contributed by atoms with van der Waals surface area (Å²) in [5.74, 6) is 0.414. The number of nitrogens with one attached hydrogen (secondary N) is 1. The van der Waals surface area contributed by atoms with Crippen LogP contribution in [0.1, 0.15) is 16.1 Å². The van der Waals surface area contributed by atoms with Crippen LogP contribution in [-0.2, 0) is 7.05 Å². The van der Waals surface area contributed by atoms with Crippen molar-refractivity contribution in [3.63, 3.8) is 0 Å². The number of hydrogen-bond acceptors (Lipinski definition) is 5. The highest BCUT2D eigenvalue weighted by molar-refractivity contribution is 7.19. The lowest BCUT2D eigenvalue weighted by molar-refractivity contribution is 0.102. The maximum Gasteiger partial charge on any atom is 0.262 e.